The van der Waals surface area contributed by atoms with E-state index in [2.05, 4.69) is 31.1 Å². The third kappa shape index (κ3) is 10.8. The van der Waals surface area contributed by atoms with Crippen molar-refractivity contribution in [1.29, 1.82) is 0 Å². The van der Waals surface area contributed by atoms with Crippen molar-refractivity contribution in [2.75, 3.05) is 20.6 Å². The highest BCUT2D eigenvalue weighted by molar-refractivity contribution is 7.12. The van der Waals surface area contributed by atoms with E-state index in [1.165, 1.54) is 13.2 Å². The van der Waals surface area contributed by atoms with Crippen LogP contribution in [-0.2, 0) is 23.9 Å². The van der Waals surface area contributed by atoms with Gasteiger partial charge in [-0.15, -0.1) is 10.2 Å². The molecule has 0 aliphatic carbocycles. The van der Waals surface area contributed by atoms with Crippen LogP contribution in [0.5, 0.6) is 0 Å². The van der Waals surface area contributed by atoms with E-state index in [9.17, 15) is 27.2 Å². The van der Waals surface area contributed by atoms with Gasteiger partial charge in [0, 0.05) is 39.0 Å². The van der Waals surface area contributed by atoms with Gasteiger partial charge < -0.3 is 21.7 Å². The SMILES string of the molecule is CNC(=O)/C(N)=C/NCC(F)CCc1nnc(C=O)s1.CNCc1cc(C(F)(F)F)ccn1. The summed E-state index contributed by atoms with van der Waals surface area (Å²) in [7, 11) is 3.11. The van der Waals surface area contributed by atoms with Gasteiger partial charge in [0.15, 0.2) is 11.3 Å². The first kappa shape index (κ1) is 27.9. The normalized spacial score (nSPS) is 12.4. The number of aryl methyl sites for hydroxylation is 1. The minimum absolute atomic E-state index is 0.0144. The van der Waals surface area contributed by atoms with Crippen molar-refractivity contribution in [3.05, 3.63) is 51.5 Å². The molecule has 0 spiro atoms. The molecule has 33 heavy (non-hydrogen) atoms. The van der Waals surface area contributed by atoms with Crippen molar-refractivity contribution in [1.82, 2.24) is 31.1 Å². The fourth-order valence-electron chi connectivity index (χ4n) is 2.24. The van der Waals surface area contributed by atoms with Gasteiger partial charge in [-0.2, -0.15) is 13.2 Å². The second-order valence-corrected chi connectivity index (χ2v) is 7.53. The first-order valence-corrected chi connectivity index (χ1v) is 10.4. The van der Waals surface area contributed by atoms with E-state index >= 15 is 0 Å². The maximum atomic E-state index is 13.6. The zero-order valence-electron chi connectivity index (χ0n) is 17.9. The standard InChI is InChI=1S/C11H16FN5O2S.C8H9F3N2/c1-14-11(19)8(13)5-15-4-7(12)2-3-9-16-17-10(6-18)20-9;1-12-5-7-4-6(2-3-13-7)8(9,10)11/h5-7,15H,2-4,13H2,1H3,(H,14,19);2-4,12H,5H2,1H3/b8-5-;. The lowest BCUT2D eigenvalue weighted by Crippen LogP contribution is -2.28. The summed E-state index contributed by atoms with van der Waals surface area (Å²) >= 11 is 1.15. The van der Waals surface area contributed by atoms with Crippen LogP contribution in [0.3, 0.4) is 0 Å². The number of halogens is 4. The van der Waals surface area contributed by atoms with Gasteiger partial charge in [-0.25, -0.2) is 4.39 Å². The molecule has 0 fully saturated rings. The number of aldehydes is 1. The Bertz CT molecular complexity index is 922. The second kappa shape index (κ2) is 14.1. The molecule has 0 aliphatic rings. The van der Waals surface area contributed by atoms with Gasteiger partial charge >= 0.3 is 6.18 Å². The van der Waals surface area contributed by atoms with Crippen molar-refractivity contribution in [2.45, 2.75) is 31.7 Å². The van der Waals surface area contributed by atoms with Crippen LogP contribution in [0.15, 0.2) is 30.2 Å². The molecule has 182 valence electrons. The molecule has 2 heterocycles. The van der Waals surface area contributed by atoms with Crippen LogP contribution >= 0.6 is 11.3 Å². The van der Waals surface area contributed by atoms with Gasteiger partial charge in [-0.3, -0.25) is 14.6 Å². The highest BCUT2D eigenvalue weighted by Gasteiger charge is 2.30. The largest absolute Gasteiger partial charge is 0.416 e. The number of carbonyl (C=O) groups excluding carboxylic acids is 2. The van der Waals surface area contributed by atoms with Crippen molar-refractivity contribution < 1.29 is 27.2 Å². The Morgan fingerprint density at radius 2 is 2.03 bits per heavy atom. The lowest BCUT2D eigenvalue weighted by atomic mass is 10.2. The molecule has 1 unspecified atom stereocenters. The molecule has 2 rings (SSSR count). The molecule has 2 aromatic rings. The van der Waals surface area contributed by atoms with E-state index < -0.39 is 23.8 Å². The number of carbonyl (C=O) groups is 2. The Hall–Kier alpha value is -3.13. The number of pyridine rings is 1. The van der Waals surface area contributed by atoms with E-state index in [1.807, 2.05) is 0 Å². The highest BCUT2D eigenvalue weighted by Crippen LogP contribution is 2.28. The van der Waals surface area contributed by atoms with Crippen LogP contribution in [0.2, 0.25) is 0 Å². The molecule has 1 amide bonds. The molecular formula is C19H25F4N7O2S. The minimum atomic E-state index is -4.29. The van der Waals surface area contributed by atoms with Crippen molar-refractivity contribution in [3.8, 4) is 0 Å². The average molecular weight is 492 g/mol. The number of amides is 1. The predicted octanol–water partition coefficient (Wildman–Crippen LogP) is 1.58. The predicted molar refractivity (Wildman–Crippen MR) is 115 cm³/mol. The number of hydrogen-bond acceptors (Lipinski definition) is 9. The molecule has 14 heteroatoms. The Morgan fingerprint density at radius 1 is 1.30 bits per heavy atom. The smallest absolute Gasteiger partial charge is 0.393 e. The number of nitrogens with zero attached hydrogens (tertiary/aromatic N) is 3. The summed E-state index contributed by atoms with van der Waals surface area (Å²) in [6, 6.07) is 2.00. The van der Waals surface area contributed by atoms with Crippen LogP contribution in [0.1, 0.15) is 32.5 Å². The molecule has 0 saturated heterocycles. The van der Waals surface area contributed by atoms with Crippen LogP contribution in [0, 0.1) is 0 Å². The maximum absolute atomic E-state index is 13.6. The molecule has 1 atom stereocenters. The van der Waals surface area contributed by atoms with Gasteiger partial charge in [-0.05, 0) is 25.6 Å². The second-order valence-electron chi connectivity index (χ2n) is 6.44. The molecule has 5 N–H and O–H groups in total. The van der Waals surface area contributed by atoms with E-state index in [-0.39, 0.29) is 23.7 Å². The number of alkyl halides is 4. The lowest BCUT2D eigenvalue weighted by Gasteiger charge is -2.07. The van der Waals surface area contributed by atoms with Crippen molar-refractivity contribution >= 4 is 23.5 Å². The third-order valence-electron chi connectivity index (χ3n) is 3.84. The maximum Gasteiger partial charge on any atom is 0.416 e. The molecule has 9 nitrogen and oxygen atoms in total. The summed E-state index contributed by atoms with van der Waals surface area (Å²) in [6.45, 7) is 0.376. The van der Waals surface area contributed by atoms with E-state index in [0.717, 1.165) is 29.7 Å². The number of nitrogens with one attached hydrogen (secondary N) is 3. The topological polar surface area (TPSA) is 135 Å². The zero-order chi connectivity index (χ0) is 24.9. The zero-order valence-corrected chi connectivity index (χ0v) is 18.8. The summed E-state index contributed by atoms with van der Waals surface area (Å²) in [4.78, 5) is 25.2. The Labute approximate surface area is 191 Å². The number of likely N-dealkylation sites (N-methyl/N-ethyl adjacent to an activating group) is 1. The van der Waals surface area contributed by atoms with Crippen LogP contribution in [0.4, 0.5) is 17.6 Å². The van der Waals surface area contributed by atoms with Gasteiger partial charge in [0.1, 0.15) is 16.9 Å². The highest BCUT2D eigenvalue weighted by atomic mass is 32.1. The fraction of sp³-hybridized carbons (Fsp3) is 0.421. The number of hydrogen-bond donors (Lipinski definition) is 4. The number of nitrogens with two attached hydrogens (primary N) is 1. The van der Waals surface area contributed by atoms with Gasteiger partial charge in [0.05, 0.1) is 11.3 Å². The summed E-state index contributed by atoms with van der Waals surface area (Å²) in [5.74, 6) is -0.428. The molecule has 0 aliphatic heterocycles. The Morgan fingerprint density at radius 3 is 2.61 bits per heavy atom. The summed E-state index contributed by atoms with van der Waals surface area (Å²) < 4.78 is 50.0. The minimum Gasteiger partial charge on any atom is -0.393 e. The summed E-state index contributed by atoms with van der Waals surface area (Å²) in [6.07, 6.45) is -1.71. The van der Waals surface area contributed by atoms with Crippen LogP contribution in [-0.4, -0.2) is 54.2 Å². The average Bonchev–Trinajstić information content (AvgIpc) is 3.25. The van der Waals surface area contributed by atoms with E-state index in [1.54, 1.807) is 7.05 Å². The molecule has 0 saturated carbocycles. The van der Waals surface area contributed by atoms with Gasteiger partial charge in [0.2, 0.25) is 0 Å². The number of aromatic nitrogens is 3. The monoisotopic (exact) mass is 491 g/mol. The molecular weight excluding hydrogens is 466 g/mol. The molecule has 0 radical (unpaired) electrons. The van der Waals surface area contributed by atoms with Gasteiger partial charge in [-0.1, -0.05) is 11.3 Å². The fourth-order valence-corrected chi connectivity index (χ4v) is 2.91. The van der Waals surface area contributed by atoms with Gasteiger partial charge in [0.25, 0.3) is 5.91 Å². The first-order chi connectivity index (χ1) is 15.6. The Kier molecular flexibility index (Phi) is 11.9. The van der Waals surface area contributed by atoms with Crippen molar-refractivity contribution in [3.63, 3.8) is 0 Å². The third-order valence-corrected chi connectivity index (χ3v) is 4.75. The van der Waals surface area contributed by atoms with E-state index in [0.29, 0.717) is 30.0 Å². The van der Waals surface area contributed by atoms with Crippen LogP contribution in [0.25, 0.3) is 0 Å². The number of rotatable bonds is 10. The first-order valence-electron chi connectivity index (χ1n) is 9.60. The molecule has 0 aromatic carbocycles. The van der Waals surface area contributed by atoms with Crippen molar-refractivity contribution in [2.24, 2.45) is 5.73 Å². The summed E-state index contributed by atoms with van der Waals surface area (Å²) in [5, 5.41) is 16.0. The lowest BCUT2D eigenvalue weighted by molar-refractivity contribution is -0.137. The van der Waals surface area contributed by atoms with E-state index in [4.69, 9.17) is 5.73 Å². The molecule has 0 bridgehead atoms. The summed E-state index contributed by atoms with van der Waals surface area (Å²) in [5.41, 5.74) is 5.12. The quantitative estimate of drug-likeness (QED) is 0.224. The Balaban J connectivity index is 0.000000361. The molecule has 2 aromatic heterocycles. The van der Waals surface area contributed by atoms with Crippen LogP contribution < -0.4 is 21.7 Å².